The van der Waals surface area contributed by atoms with Crippen LogP contribution in [0, 0.1) is 0 Å². The topological polar surface area (TPSA) is 56.4 Å². The summed E-state index contributed by atoms with van der Waals surface area (Å²) in [5.74, 6) is 0.572. The summed E-state index contributed by atoms with van der Waals surface area (Å²) >= 11 is 0. The van der Waals surface area contributed by atoms with Gasteiger partial charge in [0.25, 0.3) is 6.29 Å². The maximum Gasteiger partial charge on any atom is 0.266 e. The third kappa shape index (κ3) is 1.29. The van der Waals surface area contributed by atoms with Crippen LogP contribution in [-0.4, -0.2) is 17.3 Å². The summed E-state index contributed by atoms with van der Waals surface area (Å²) in [4.78, 5) is 0. The number of H-pyrrole nitrogens is 1. The van der Waals surface area contributed by atoms with Crippen molar-refractivity contribution >= 4 is 10.9 Å². The highest BCUT2D eigenvalue weighted by molar-refractivity contribution is 5.84. The summed E-state index contributed by atoms with van der Waals surface area (Å²) in [6.07, 6.45) is 2.69. The molecule has 1 aliphatic heterocycles. The Hall–Kier alpha value is -2.17. The molecule has 16 heavy (non-hydrogen) atoms. The van der Waals surface area contributed by atoms with Gasteiger partial charge in [0.2, 0.25) is 5.88 Å². The third-order valence-electron chi connectivity index (χ3n) is 2.48. The van der Waals surface area contributed by atoms with Crippen LogP contribution >= 0.6 is 0 Å². The van der Waals surface area contributed by atoms with Gasteiger partial charge in [-0.3, -0.25) is 5.10 Å². The van der Waals surface area contributed by atoms with Crippen LogP contribution in [0.5, 0.6) is 5.88 Å². The first-order chi connectivity index (χ1) is 7.88. The fourth-order valence-corrected chi connectivity index (χ4v) is 1.71. The maximum absolute atomic E-state index is 5.26. The predicted octanol–water partition coefficient (Wildman–Crippen LogP) is 2.09. The number of ether oxygens (including phenoxy) is 3. The van der Waals surface area contributed by atoms with Gasteiger partial charge in [0.05, 0.1) is 18.0 Å². The molecule has 1 aromatic heterocycles. The lowest BCUT2D eigenvalue weighted by atomic mass is 10.1. The lowest BCUT2D eigenvalue weighted by Crippen LogP contribution is -1.97. The number of hydrogen-bond acceptors (Lipinski definition) is 4. The molecular formula is C11H10N2O3. The second-order valence-electron chi connectivity index (χ2n) is 3.41. The first-order valence-electron chi connectivity index (χ1n) is 4.86. The van der Waals surface area contributed by atoms with Gasteiger partial charge in [0.1, 0.15) is 12.5 Å². The summed E-state index contributed by atoms with van der Waals surface area (Å²) < 4.78 is 15.7. The van der Waals surface area contributed by atoms with E-state index >= 15 is 0 Å². The molecule has 82 valence electrons. The molecular weight excluding hydrogens is 208 g/mol. The molecule has 1 N–H and O–H groups in total. The van der Waals surface area contributed by atoms with E-state index in [-0.39, 0.29) is 6.29 Å². The van der Waals surface area contributed by atoms with Gasteiger partial charge in [0.15, 0.2) is 0 Å². The number of aromatic amines is 1. The second-order valence-corrected chi connectivity index (χ2v) is 3.41. The van der Waals surface area contributed by atoms with E-state index in [9.17, 15) is 0 Å². The van der Waals surface area contributed by atoms with Crippen molar-refractivity contribution in [2.24, 2.45) is 0 Å². The van der Waals surface area contributed by atoms with Crippen LogP contribution in [0.1, 0.15) is 11.9 Å². The molecule has 0 radical (unpaired) electrons. The first kappa shape index (κ1) is 9.08. The molecule has 1 aromatic carbocycles. The largest absolute Gasteiger partial charge is 0.480 e. The van der Waals surface area contributed by atoms with Crippen molar-refractivity contribution in [1.29, 1.82) is 0 Å². The Bertz CT molecular complexity index is 539. The molecule has 0 atom stereocenters. The number of nitrogens with one attached hydrogen (secondary N) is 1. The minimum Gasteiger partial charge on any atom is -0.480 e. The molecule has 5 heteroatoms. The van der Waals surface area contributed by atoms with Gasteiger partial charge in [-0.15, -0.1) is 5.10 Å². The summed E-state index contributed by atoms with van der Waals surface area (Å²) in [5.41, 5.74) is 1.85. The highest BCUT2D eigenvalue weighted by Crippen LogP contribution is 2.29. The Kier molecular flexibility index (Phi) is 1.96. The van der Waals surface area contributed by atoms with Gasteiger partial charge in [-0.05, 0) is 18.2 Å². The highest BCUT2D eigenvalue weighted by Gasteiger charge is 2.17. The van der Waals surface area contributed by atoms with E-state index in [1.165, 1.54) is 12.5 Å². The van der Waals surface area contributed by atoms with Gasteiger partial charge in [-0.2, -0.15) is 0 Å². The van der Waals surface area contributed by atoms with Crippen molar-refractivity contribution < 1.29 is 14.2 Å². The van der Waals surface area contributed by atoms with E-state index in [0.717, 1.165) is 16.5 Å². The first-order valence-corrected chi connectivity index (χ1v) is 4.86. The van der Waals surface area contributed by atoms with Crippen LogP contribution in [0.3, 0.4) is 0 Å². The van der Waals surface area contributed by atoms with Crippen molar-refractivity contribution in [2.45, 2.75) is 6.29 Å². The van der Waals surface area contributed by atoms with Gasteiger partial charge >= 0.3 is 0 Å². The average molecular weight is 218 g/mol. The zero-order chi connectivity index (χ0) is 11.0. The van der Waals surface area contributed by atoms with E-state index in [2.05, 4.69) is 10.2 Å². The standard InChI is InChI=1S/C11H10N2O3/c1-14-10-8-6-7(11-15-4-5-16-11)2-3-9(8)12-13-10/h2-6,11H,1H3,(H,12,13). The average Bonchev–Trinajstić information content (AvgIpc) is 2.97. The molecule has 3 rings (SSSR count). The van der Waals surface area contributed by atoms with E-state index in [0.29, 0.717) is 5.88 Å². The maximum atomic E-state index is 5.26. The SMILES string of the molecule is COc1n[nH]c2ccc(C3OC=CO3)cc12. The number of aromatic nitrogens is 2. The van der Waals surface area contributed by atoms with Crippen LogP contribution in [0.15, 0.2) is 30.7 Å². The zero-order valence-electron chi connectivity index (χ0n) is 8.64. The Balaban J connectivity index is 2.06. The number of benzene rings is 1. The normalized spacial score (nSPS) is 15.1. The van der Waals surface area contributed by atoms with Crippen molar-refractivity contribution in [3.8, 4) is 5.88 Å². The monoisotopic (exact) mass is 218 g/mol. The zero-order valence-corrected chi connectivity index (χ0v) is 8.64. The Morgan fingerprint density at radius 3 is 2.88 bits per heavy atom. The second kappa shape index (κ2) is 3.44. The van der Waals surface area contributed by atoms with E-state index in [1.807, 2.05) is 18.2 Å². The van der Waals surface area contributed by atoms with Crippen LogP contribution in [0.4, 0.5) is 0 Å². The minimum atomic E-state index is -0.371. The number of hydrogen-bond donors (Lipinski definition) is 1. The van der Waals surface area contributed by atoms with Gasteiger partial charge in [0, 0.05) is 5.56 Å². The van der Waals surface area contributed by atoms with Crippen molar-refractivity contribution in [1.82, 2.24) is 10.2 Å². The van der Waals surface area contributed by atoms with Crippen molar-refractivity contribution in [3.63, 3.8) is 0 Å². The molecule has 0 amide bonds. The van der Waals surface area contributed by atoms with Crippen LogP contribution in [0.25, 0.3) is 10.9 Å². The van der Waals surface area contributed by atoms with E-state index in [1.54, 1.807) is 7.11 Å². The van der Waals surface area contributed by atoms with Crippen LogP contribution in [-0.2, 0) is 9.47 Å². The number of fused-ring (bicyclic) bond motifs is 1. The van der Waals surface area contributed by atoms with Gasteiger partial charge < -0.3 is 14.2 Å². The number of methoxy groups -OCH3 is 1. The molecule has 0 unspecified atom stereocenters. The Labute approximate surface area is 91.6 Å². The molecule has 5 nitrogen and oxygen atoms in total. The smallest absolute Gasteiger partial charge is 0.266 e. The number of nitrogens with zero attached hydrogens (tertiary/aromatic N) is 1. The van der Waals surface area contributed by atoms with Crippen LogP contribution < -0.4 is 4.74 Å². The number of rotatable bonds is 2. The highest BCUT2D eigenvalue weighted by atomic mass is 16.7. The lowest BCUT2D eigenvalue weighted by Gasteiger charge is -2.10. The summed E-state index contributed by atoms with van der Waals surface area (Å²) in [6.45, 7) is 0. The molecule has 1 aliphatic rings. The van der Waals surface area contributed by atoms with Crippen LogP contribution in [0.2, 0.25) is 0 Å². The fraction of sp³-hybridized carbons (Fsp3) is 0.182. The molecule has 0 saturated heterocycles. The molecule has 0 spiro atoms. The molecule has 0 fully saturated rings. The third-order valence-corrected chi connectivity index (χ3v) is 2.48. The Morgan fingerprint density at radius 2 is 2.12 bits per heavy atom. The van der Waals surface area contributed by atoms with Gasteiger partial charge in [-0.25, -0.2) is 0 Å². The predicted molar refractivity (Wildman–Crippen MR) is 56.7 cm³/mol. The van der Waals surface area contributed by atoms with E-state index < -0.39 is 0 Å². The fourth-order valence-electron chi connectivity index (χ4n) is 1.71. The molecule has 0 aliphatic carbocycles. The molecule has 0 bridgehead atoms. The lowest BCUT2D eigenvalue weighted by molar-refractivity contribution is -0.0244. The van der Waals surface area contributed by atoms with Gasteiger partial charge in [-0.1, -0.05) is 0 Å². The summed E-state index contributed by atoms with van der Waals surface area (Å²) in [5, 5.41) is 7.84. The minimum absolute atomic E-state index is 0.371. The molecule has 0 saturated carbocycles. The van der Waals surface area contributed by atoms with E-state index in [4.69, 9.17) is 14.2 Å². The molecule has 2 heterocycles. The van der Waals surface area contributed by atoms with Crippen molar-refractivity contribution in [2.75, 3.05) is 7.11 Å². The van der Waals surface area contributed by atoms with Crippen molar-refractivity contribution in [3.05, 3.63) is 36.3 Å². The molecule has 2 aromatic rings. The summed E-state index contributed by atoms with van der Waals surface area (Å²) in [6, 6.07) is 5.79. The quantitative estimate of drug-likeness (QED) is 0.838. The Morgan fingerprint density at radius 1 is 1.31 bits per heavy atom. The summed E-state index contributed by atoms with van der Waals surface area (Å²) in [7, 11) is 1.59.